The Balaban J connectivity index is 0.964. The zero-order chi connectivity index (χ0) is 48.1. The van der Waals surface area contributed by atoms with E-state index < -0.39 is 40.3 Å². The monoisotopic (exact) mass is 947 g/mol. The molecule has 0 radical (unpaired) electrons. The number of carbonyl (C=O) groups excluding carboxylic acids is 4. The number of aromatic nitrogens is 3. The number of aromatic amines is 1. The second kappa shape index (κ2) is 18.7. The van der Waals surface area contributed by atoms with E-state index in [2.05, 4.69) is 49.6 Å². The number of benzene rings is 2. The van der Waals surface area contributed by atoms with E-state index in [-0.39, 0.29) is 45.8 Å². The van der Waals surface area contributed by atoms with Gasteiger partial charge in [0.25, 0.3) is 10.0 Å². The quantitative estimate of drug-likeness (QED) is 0.116. The fraction of sp³-hybridized carbons (Fsp3) is 0.500. The zero-order valence-electron chi connectivity index (χ0n) is 39.6. The van der Waals surface area contributed by atoms with Gasteiger partial charge in [-0.05, 0) is 103 Å². The molecule has 2 saturated heterocycles. The first kappa shape index (κ1) is 46.8. The predicted molar refractivity (Wildman–Crippen MR) is 256 cm³/mol. The standard InChI is InChI=1S/C50H61N9O8S/c1-28(2)41(55-48(62)66-5)46(60)58-21-9-11-38(58)44-52-27-37(54-44)30-13-15-31(16-14-30)43-34-25-50(19-7-8-20-50)24-33(34)35(26-51-43)32-17-18-36-40(23-32)68(64,65)57-45(53-36)39-12-10-22-59(39)47(61)42(29(3)4)56-49(63)67-6/h13-18,23,26-29,38-39,41-42H,7-12,19-22,24-25H2,1-6H3,(H,52,54)(H,53,57)(H,55,62)(H,56,63)/t38-,39-,41-,42-/m0/s1. The summed E-state index contributed by atoms with van der Waals surface area (Å²) >= 11 is 0. The molecule has 2 aromatic carbocycles. The molecule has 1 saturated carbocycles. The molecule has 0 bridgehead atoms. The van der Waals surface area contributed by atoms with Gasteiger partial charge in [-0.1, -0.05) is 70.9 Å². The molecule has 3 aliphatic heterocycles. The van der Waals surface area contributed by atoms with Crippen molar-refractivity contribution in [2.45, 2.75) is 121 Å². The van der Waals surface area contributed by atoms with Gasteiger partial charge in [-0.3, -0.25) is 14.6 Å². The number of pyridine rings is 1. The topological polar surface area (TPSA) is 217 Å². The SMILES string of the molecule is COC(=O)N[C@H](C(=O)N1CCC[C@H]1C1=NS(=O)(=O)c2cc(-c3cnc(-c4ccc(-c5cnc([C@@H]6CCCN6C(=O)[C@@H](NC(=O)OC)C(C)C)[nH]5)cc4)c4c3CC3(CCCC3)C4)ccc2N1)C(C)C. The number of hydrogen-bond acceptors (Lipinski definition) is 11. The maximum Gasteiger partial charge on any atom is 0.407 e. The van der Waals surface area contributed by atoms with Crippen LogP contribution in [0.5, 0.6) is 0 Å². The molecule has 9 rings (SSSR count). The lowest BCUT2D eigenvalue weighted by molar-refractivity contribution is -0.135. The van der Waals surface area contributed by atoms with E-state index in [1.54, 1.807) is 28.1 Å². The molecular weight excluding hydrogens is 887 g/mol. The number of alkyl carbamates (subject to hydrolysis) is 2. The number of amidine groups is 1. The number of hydrogen-bond donors (Lipinski definition) is 4. The minimum atomic E-state index is -4.17. The van der Waals surface area contributed by atoms with Gasteiger partial charge < -0.3 is 40.2 Å². The van der Waals surface area contributed by atoms with Crippen molar-refractivity contribution in [3.8, 4) is 33.6 Å². The molecule has 5 aliphatic rings. The fourth-order valence-electron chi connectivity index (χ4n) is 11.1. The summed E-state index contributed by atoms with van der Waals surface area (Å²) in [4.78, 5) is 68.5. The minimum absolute atomic E-state index is 0.0635. The molecular formula is C50H61N9O8S. The number of H-pyrrole nitrogens is 1. The number of amides is 4. The molecule has 17 nitrogen and oxygen atoms in total. The van der Waals surface area contributed by atoms with E-state index in [0.29, 0.717) is 37.4 Å². The van der Waals surface area contributed by atoms with Crippen molar-refractivity contribution in [1.82, 2.24) is 35.4 Å². The first-order chi connectivity index (χ1) is 32.6. The van der Waals surface area contributed by atoms with E-state index in [1.165, 1.54) is 38.2 Å². The number of sulfonamides is 1. The molecule has 4 atom stereocenters. The fourth-order valence-corrected chi connectivity index (χ4v) is 12.3. The van der Waals surface area contributed by atoms with Crippen molar-refractivity contribution in [3.05, 3.63) is 71.8 Å². The molecule has 360 valence electrons. The lowest BCUT2D eigenvalue weighted by atomic mass is 9.82. The van der Waals surface area contributed by atoms with Crippen LogP contribution in [0.1, 0.15) is 102 Å². The number of ether oxygens (including phenoxy) is 2. The molecule has 68 heavy (non-hydrogen) atoms. The number of imidazole rings is 1. The van der Waals surface area contributed by atoms with E-state index in [1.807, 2.05) is 40.0 Å². The van der Waals surface area contributed by atoms with Gasteiger partial charge in [0.15, 0.2) is 0 Å². The molecule has 1 spiro atoms. The Hall–Kier alpha value is -6.30. The van der Waals surface area contributed by atoms with Crippen LogP contribution in [0.4, 0.5) is 15.3 Å². The summed E-state index contributed by atoms with van der Waals surface area (Å²) in [6.07, 6.45) is 11.5. The van der Waals surface area contributed by atoms with Crippen LogP contribution in [-0.2, 0) is 41.9 Å². The molecule has 4 aromatic rings. The largest absolute Gasteiger partial charge is 0.453 e. The van der Waals surface area contributed by atoms with E-state index >= 15 is 0 Å². The van der Waals surface area contributed by atoms with Crippen molar-refractivity contribution >= 4 is 45.5 Å². The summed E-state index contributed by atoms with van der Waals surface area (Å²) in [5.74, 6) is 0.0387. The maximum absolute atomic E-state index is 14.1. The van der Waals surface area contributed by atoms with Crippen molar-refractivity contribution in [3.63, 3.8) is 0 Å². The average molecular weight is 948 g/mol. The van der Waals surface area contributed by atoms with Gasteiger partial charge >= 0.3 is 12.2 Å². The molecule has 18 heteroatoms. The molecule has 4 N–H and O–H groups in total. The highest BCUT2D eigenvalue weighted by Gasteiger charge is 2.44. The van der Waals surface area contributed by atoms with Crippen LogP contribution in [0.2, 0.25) is 0 Å². The van der Waals surface area contributed by atoms with Crippen LogP contribution < -0.4 is 16.0 Å². The number of nitrogens with zero attached hydrogens (tertiary/aromatic N) is 5. The van der Waals surface area contributed by atoms with Gasteiger partial charge in [-0.25, -0.2) is 14.6 Å². The van der Waals surface area contributed by atoms with Crippen LogP contribution >= 0.6 is 0 Å². The summed E-state index contributed by atoms with van der Waals surface area (Å²) < 4.78 is 42.0. The van der Waals surface area contributed by atoms with Crippen molar-refractivity contribution in [2.75, 3.05) is 32.6 Å². The smallest absolute Gasteiger partial charge is 0.407 e. The molecule has 0 unspecified atom stereocenters. The Labute approximate surface area is 397 Å². The van der Waals surface area contributed by atoms with Gasteiger partial charge in [-0.2, -0.15) is 8.42 Å². The minimum Gasteiger partial charge on any atom is -0.453 e. The third kappa shape index (κ3) is 8.82. The first-order valence-electron chi connectivity index (χ1n) is 23.8. The summed E-state index contributed by atoms with van der Waals surface area (Å²) in [6.45, 7) is 8.42. The highest BCUT2D eigenvalue weighted by molar-refractivity contribution is 7.90. The Bertz CT molecular complexity index is 2760. The Morgan fingerprint density at radius 1 is 0.735 bits per heavy atom. The van der Waals surface area contributed by atoms with Gasteiger partial charge in [0.2, 0.25) is 11.8 Å². The van der Waals surface area contributed by atoms with Crippen LogP contribution in [-0.4, -0.2) is 108 Å². The van der Waals surface area contributed by atoms with E-state index in [0.717, 1.165) is 72.2 Å². The number of rotatable bonds is 11. The first-order valence-corrected chi connectivity index (χ1v) is 25.3. The number of likely N-dealkylation sites (tertiary alicyclic amines) is 2. The number of carbonyl (C=O) groups is 4. The van der Waals surface area contributed by atoms with Gasteiger partial charge in [-0.15, -0.1) is 4.40 Å². The normalized spacial score (nSPS) is 21.0. The lowest BCUT2D eigenvalue weighted by Crippen LogP contribution is -2.54. The summed E-state index contributed by atoms with van der Waals surface area (Å²) in [5.41, 5.74) is 8.24. The highest BCUT2D eigenvalue weighted by atomic mass is 32.2. The number of anilines is 1. The highest BCUT2D eigenvalue weighted by Crippen LogP contribution is 2.53. The second-order valence-electron chi connectivity index (χ2n) is 19.7. The average Bonchev–Trinajstić information content (AvgIpc) is 4.19. The van der Waals surface area contributed by atoms with Crippen molar-refractivity contribution < 1.29 is 37.1 Å². The van der Waals surface area contributed by atoms with Crippen LogP contribution in [0.15, 0.2) is 64.2 Å². The van der Waals surface area contributed by atoms with E-state index in [4.69, 9.17) is 19.4 Å². The van der Waals surface area contributed by atoms with Gasteiger partial charge in [0.05, 0.1) is 49.6 Å². The van der Waals surface area contributed by atoms with Crippen molar-refractivity contribution in [2.24, 2.45) is 21.6 Å². The number of nitrogens with one attached hydrogen (secondary N) is 4. The summed E-state index contributed by atoms with van der Waals surface area (Å²) in [7, 11) is -1.64. The lowest BCUT2D eigenvalue weighted by Gasteiger charge is -2.32. The third-order valence-electron chi connectivity index (χ3n) is 14.7. The molecule has 5 heterocycles. The maximum atomic E-state index is 14.1. The number of fused-ring (bicyclic) bond motifs is 2. The third-order valence-corrected chi connectivity index (χ3v) is 16.0. The molecule has 2 aromatic heterocycles. The Morgan fingerprint density at radius 2 is 1.31 bits per heavy atom. The molecule has 3 fully saturated rings. The van der Waals surface area contributed by atoms with Gasteiger partial charge in [0.1, 0.15) is 28.6 Å². The Kier molecular flexibility index (Phi) is 12.8. The van der Waals surface area contributed by atoms with Crippen LogP contribution in [0.3, 0.4) is 0 Å². The predicted octanol–water partition coefficient (Wildman–Crippen LogP) is 7.39. The van der Waals surface area contributed by atoms with E-state index in [9.17, 15) is 27.6 Å². The zero-order valence-corrected chi connectivity index (χ0v) is 40.4. The van der Waals surface area contributed by atoms with Crippen LogP contribution in [0, 0.1) is 17.3 Å². The van der Waals surface area contributed by atoms with Gasteiger partial charge in [0, 0.05) is 30.4 Å². The second-order valence-corrected chi connectivity index (χ2v) is 21.3. The number of methoxy groups -OCH3 is 2. The van der Waals surface area contributed by atoms with Crippen molar-refractivity contribution in [1.29, 1.82) is 0 Å². The molecule has 2 aliphatic carbocycles. The van der Waals surface area contributed by atoms with Crippen LogP contribution in [0.25, 0.3) is 33.6 Å². The Morgan fingerprint density at radius 3 is 1.93 bits per heavy atom. The molecule has 4 amide bonds. The summed E-state index contributed by atoms with van der Waals surface area (Å²) in [6, 6.07) is 11.3. The summed E-state index contributed by atoms with van der Waals surface area (Å²) in [5, 5.41) is 8.61.